The summed E-state index contributed by atoms with van der Waals surface area (Å²) in [6.07, 6.45) is 4.55. The highest BCUT2D eigenvalue weighted by Crippen LogP contribution is 2.11. The molecule has 1 aliphatic rings. The zero-order chi connectivity index (χ0) is 9.73. The number of piperidine rings is 1. The van der Waals surface area contributed by atoms with Crippen LogP contribution in [0.3, 0.4) is 0 Å². The van der Waals surface area contributed by atoms with Crippen LogP contribution in [0.2, 0.25) is 0 Å². The van der Waals surface area contributed by atoms with Gasteiger partial charge in [-0.1, -0.05) is 11.8 Å². The summed E-state index contributed by atoms with van der Waals surface area (Å²) in [5.74, 6) is 6.36. The number of nitrogens with one attached hydrogen (secondary N) is 1. The second-order valence-electron chi connectivity index (χ2n) is 4.60. The molecule has 0 unspecified atom stereocenters. The first-order valence-corrected chi connectivity index (χ1v) is 4.99. The third-order valence-electron chi connectivity index (χ3n) is 1.93. The monoisotopic (exact) mass is 177 g/mol. The smallest absolute Gasteiger partial charge is 0.0233 e. The molecule has 1 fully saturated rings. The zero-order valence-electron chi connectivity index (χ0n) is 8.91. The summed E-state index contributed by atoms with van der Waals surface area (Å²) in [5.41, 5.74) is 1.57. The van der Waals surface area contributed by atoms with Crippen molar-refractivity contribution >= 4 is 0 Å². The summed E-state index contributed by atoms with van der Waals surface area (Å²) < 4.78 is 0. The van der Waals surface area contributed by atoms with E-state index in [0.29, 0.717) is 0 Å². The quantitative estimate of drug-likeness (QED) is 0.560. The minimum atomic E-state index is 0.124. The standard InChI is InChI=1S/C12H19N/c1-12(2,3)8-4-6-11-7-5-9-13-10-11/h6,13H,5,7,9-10H2,1-3H3/b11-6-. The number of rotatable bonds is 0. The molecule has 1 N–H and O–H groups in total. The van der Waals surface area contributed by atoms with Gasteiger partial charge in [0.25, 0.3) is 0 Å². The molecular weight excluding hydrogens is 158 g/mol. The molecule has 72 valence electrons. The first-order valence-electron chi connectivity index (χ1n) is 4.99. The van der Waals surface area contributed by atoms with Crippen molar-refractivity contribution in [2.45, 2.75) is 33.6 Å². The van der Waals surface area contributed by atoms with E-state index in [9.17, 15) is 0 Å². The summed E-state index contributed by atoms with van der Waals surface area (Å²) in [6.45, 7) is 8.59. The molecule has 0 atom stereocenters. The van der Waals surface area contributed by atoms with Crippen LogP contribution in [-0.4, -0.2) is 13.1 Å². The fraction of sp³-hybridized carbons (Fsp3) is 0.667. The maximum absolute atomic E-state index is 3.35. The molecule has 0 amide bonds. The van der Waals surface area contributed by atoms with Crippen LogP contribution >= 0.6 is 0 Å². The summed E-state index contributed by atoms with van der Waals surface area (Å²) in [7, 11) is 0. The Kier molecular flexibility index (Phi) is 3.57. The van der Waals surface area contributed by atoms with Crippen molar-refractivity contribution in [1.29, 1.82) is 0 Å². The van der Waals surface area contributed by atoms with Gasteiger partial charge in [0, 0.05) is 12.0 Å². The highest BCUT2D eigenvalue weighted by molar-refractivity contribution is 5.25. The molecule has 1 saturated heterocycles. The van der Waals surface area contributed by atoms with E-state index in [1.165, 1.54) is 18.4 Å². The first kappa shape index (κ1) is 10.3. The van der Waals surface area contributed by atoms with E-state index in [4.69, 9.17) is 0 Å². The Morgan fingerprint density at radius 2 is 2.15 bits per heavy atom. The van der Waals surface area contributed by atoms with E-state index < -0.39 is 0 Å². The highest BCUT2D eigenvalue weighted by Gasteiger charge is 2.04. The fourth-order valence-corrected chi connectivity index (χ4v) is 1.26. The van der Waals surface area contributed by atoms with Gasteiger partial charge in [-0.25, -0.2) is 0 Å². The van der Waals surface area contributed by atoms with Crippen LogP contribution in [0.4, 0.5) is 0 Å². The van der Waals surface area contributed by atoms with Gasteiger partial charge in [0.2, 0.25) is 0 Å². The van der Waals surface area contributed by atoms with Gasteiger partial charge in [-0.3, -0.25) is 0 Å². The molecular formula is C12H19N. The maximum atomic E-state index is 3.35. The Hall–Kier alpha value is -0.740. The summed E-state index contributed by atoms with van der Waals surface area (Å²) in [5, 5.41) is 3.35. The van der Waals surface area contributed by atoms with Crippen LogP contribution in [0.25, 0.3) is 0 Å². The Morgan fingerprint density at radius 3 is 2.69 bits per heavy atom. The molecule has 0 aromatic heterocycles. The molecule has 0 spiro atoms. The van der Waals surface area contributed by atoms with Crippen molar-refractivity contribution in [1.82, 2.24) is 5.32 Å². The zero-order valence-corrected chi connectivity index (χ0v) is 8.91. The molecule has 13 heavy (non-hydrogen) atoms. The Balaban J connectivity index is 2.49. The maximum Gasteiger partial charge on any atom is 0.0233 e. The second kappa shape index (κ2) is 4.48. The Labute approximate surface area is 81.6 Å². The van der Waals surface area contributed by atoms with Crippen LogP contribution in [0, 0.1) is 17.3 Å². The second-order valence-corrected chi connectivity index (χ2v) is 4.60. The predicted octanol–water partition coefficient (Wildman–Crippen LogP) is 2.35. The van der Waals surface area contributed by atoms with Gasteiger partial charge in [0.1, 0.15) is 0 Å². The largest absolute Gasteiger partial charge is 0.313 e. The minimum absolute atomic E-state index is 0.124. The van der Waals surface area contributed by atoms with Crippen molar-refractivity contribution < 1.29 is 0 Å². The van der Waals surface area contributed by atoms with E-state index in [-0.39, 0.29) is 5.41 Å². The third kappa shape index (κ3) is 4.75. The number of hydrogen-bond acceptors (Lipinski definition) is 1. The van der Waals surface area contributed by atoms with Gasteiger partial charge in [-0.2, -0.15) is 0 Å². The van der Waals surface area contributed by atoms with Gasteiger partial charge < -0.3 is 5.32 Å². The number of hydrogen-bond donors (Lipinski definition) is 1. The van der Waals surface area contributed by atoms with Crippen LogP contribution in [0.15, 0.2) is 11.6 Å². The Morgan fingerprint density at radius 1 is 1.38 bits per heavy atom. The van der Waals surface area contributed by atoms with Crippen molar-refractivity contribution in [2.24, 2.45) is 5.41 Å². The van der Waals surface area contributed by atoms with Gasteiger partial charge in [-0.15, -0.1) is 0 Å². The molecule has 1 heterocycles. The molecule has 0 aromatic rings. The molecule has 0 saturated carbocycles. The fourth-order valence-electron chi connectivity index (χ4n) is 1.26. The van der Waals surface area contributed by atoms with E-state index >= 15 is 0 Å². The third-order valence-corrected chi connectivity index (χ3v) is 1.93. The lowest BCUT2D eigenvalue weighted by molar-refractivity contribution is 0.571. The van der Waals surface area contributed by atoms with Crippen LogP contribution in [-0.2, 0) is 0 Å². The van der Waals surface area contributed by atoms with Gasteiger partial charge in [0.05, 0.1) is 0 Å². The molecule has 1 rings (SSSR count). The Bertz CT molecular complexity index is 237. The molecule has 0 radical (unpaired) electrons. The molecule has 1 heteroatoms. The average molecular weight is 177 g/mol. The van der Waals surface area contributed by atoms with E-state index in [1.54, 1.807) is 0 Å². The van der Waals surface area contributed by atoms with Crippen LogP contribution < -0.4 is 5.32 Å². The van der Waals surface area contributed by atoms with Gasteiger partial charge >= 0.3 is 0 Å². The summed E-state index contributed by atoms with van der Waals surface area (Å²) in [4.78, 5) is 0. The molecule has 1 nitrogen and oxygen atoms in total. The topological polar surface area (TPSA) is 12.0 Å². The molecule has 1 aliphatic heterocycles. The van der Waals surface area contributed by atoms with Crippen molar-refractivity contribution in [3.63, 3.8) is 0 Å². The number of allylic oxidation sites excluding steroid dienone is 1. The van der Waals surface area contributed by atoms with Crippen LogP contribution in [0.5, 0.6) is 0 Å². The highest BCUT2D eigenvalue weighted by atomic mass is 14.9. The normalized spacial score (nSPS) is 21.0. The first-order chi connectivity index (χ1) is 6.08. The van der Waals surface area contributed by atoms with E-state index in [1.807, 2.05) is 0 Å². The minimum Gasteiger partial charge on any atom is -0.313 e. The SMILES string of the molecule is CC(C)(C)C#C/C=C1/CCCNC1. The summed E-state index contributed by atoms with van der Waals surface area (Å²) in [6, 6.07) is 0. The molecule has 0 aliphatic carbocycles. The van der Waals surface area contributed by atoms with Gasteiger partial charge in [-0.05, 0) is 51.8 Å². The summed E-state index contributed by atoms with van der Waals surface area (Å²) >= 11 is 0. The van der Waals surface area contributed by atoms with Crippen molar-refractivity contribution in [3.8, 4) is 11.8 Å². The lowest BCUT2D eigenvalue weighted by atomic mass is 9.98. The van der Waals surface area contributed by atoms with E-state index in [2.05, 4.69) is 44.0 Å². The average Bonchev–Trinajstić information content (AvgIpc) is 2.04. The molecule has 0 bridgehead atoms. The van der Waals surface area contributed by atoms with Gasteiger partial charge in [0.15, 0.2) is 0 Å². The lowest BCUT2D eigenvalue weighted by Gasteiger charge is -2.13. The predicted molar refractivity (Wildman–Crippen MR) is 57.4 cm³/mol. The van der Waals surface area contributed by atoms with Crippen molar-refractivity contribution in [3.05, 3.63) is 11.6 Å². The molecule has 0 aromatic carbocycles. The lowest BCUT2D eigenvalue weighted by Crippen LogP contribution is -2.23. The van der Waals surface area contributed by atoms with E-state index in [0.717, 1.165) is 13.1 Å². The van der Waals surface area contributed by atoms with Crippen molar-refractivity contribution in [2.75, 3.05) is 13.1 Å². The van der Waals surface area contributed by atoms with Crippen LogP contribution in [0.1, 0.15) is 33.6 Å².